The molecule has 4 heterocycles. The molecule has 2 aliphatic heterocycles. The molecule has 0 radical (unpaired) electrons. The summed E-state index contributed by atoms with van der Waals surface area (Å²) in [5.74, 6) is 0. The molecule has 35 heavy (non-hydrogen) atoms. The van der Waals surface area contributed by atoms with Crippen molar-refractivity contribution in [2.45, 2.75) is 38.9 Å². The first-order chi connectivity index (χ1) is 17.0. The fraction of sp³-hybridized carbons (Fsp3) is 0.407. The highest BCUT2D eigenvalue weighted by molar-refractivity contribution is 9.10. The van der Waals surface area contributed by atoms with Crippen LogP contribution in [0.15, 0.2) is 59.2 Å². The van der Waals surface area contributed by atoms with Crippen LogP contribution < -0.4 is 10.2 Å². The van der Waals surface area contributed by atoms with Crippen LogP contribution >= 0.6 is 28.1 Å². The molecule has 0 amide bonds. The van der Waals surface area contributed by atoms with Crippen molar-refractivity contribution in [2.75, 3.05) is 37.7 Å². The zero-order chi connectivity index (χ0) is 24.4. The Bertz CT molecular complexity index is 1160. The Morgan fingerprint density at radius 2 is 1.86 bits per heavy atom. The summed E-state index contributed by atoms with van der Waals surface area (Å²) < 4.78 is 9.01. The Hall–Kier alpha value is -2.26. The van der Waals surface area contributed by atoms with Crippen LogP contribution in [-0.2, 0) is 11.3 Å². The minimum atomic E-state index is -0.0327. The van der Waals surface area contributed by atoms with E-state index in [1.54, 1.807) is 0 Å². The lowest BCUT2D eigenvalue weighted by atomic mass is 9.96. The number of benzene rings is 1. The van der Waals surface area contributed by atoms with E-state index in [9.17, 15) is 0 Å². The summed E-state index contributed by atoms with van der Waals surface area (Å²) >= 11 is 9.45. The zero-order valence-electron chi connectivity index (χ0n) is 20.3. The third kappa shape index (κ3) is 5.16. The van der Waals surface area contributed by atoms with E-state index in [2.05, 4.69) is 85.9 Å². The minimum absolute atomic E-state index is 0.0118. The van der Waals surface area contributed by atoms with Gasteiger partial charge < -0.3 is 19.5 Å². The number of hydrogen-bond donors (Lipinski definition) is 1. The Morgan fingerprint density at radius 1 is 1.09 bits per heavy atom. The number of ether oxygens (including phenoxy) is 1. The summed E-state index contributed by atoms with van der Waals surface area (Å²) in [4.78, 5) is 9.45. The van der Waals surface area contributed by atoms with Gasteiger partial charge in [0.15, 0.2) is 5.11 Å². The molecule has 0 spiro atoms. The fourth-order valence-corrected chi connectivity index (χ4v) is 5.91. The maximum Gasteiger partial charge on any atom is 0.174 e. The second-order valence-corrected chi connectivity index (χ2v) is 10.6. The van der Waals surface area contributed by atoms with Crippen LogP contribution in [0.1, 0.15) is 41.1 Å². The maximum absolute atomic E-state index is 5.89. The number of nitrogens with one attached hydrogen (secondary N) is 1. The molecule has 2 aromatic heterocycles. The molecule has 2 fully saturated rings. The summed E-state index contributed by atoms with van der Waals surface area (Å²) in [5.41, 5.74) is 5.94. The number of anilines is 1. The van der Waals surface area contributed by atoms with Gasteiger partial charge in [0, 0.05) is 53.9 Å². The molecule has 3 aromatic rings. The maximum atomic E-state index is 5.89. The molecule has 6 nitrogen and oxygen atoms in total. The minimum Gasteiger partial charge on any atom is -0.379 e. The number of aromatic nitrogens is 2. The van der Waals surface area contributed by atoms with E-state index in [-0.39, 0.29) is 12.1 Å². The van der Waals surface area contributed by atoms with Gasteiger partial charge in [0.25, 0.3) is 0 Å². The van der Waals surface area contributed by atoms with Crippen LogP contribution in [0.3, 0.4) is 0 Å². The van der Waals surface area contributed by atoms with Gasteiger partial charge in [0.1, 0.15) is 0 Å². The second kappa shape index (κ2) is 10.8. The van der Waals surface area contributed by atoms with Gasteiger partial charge in [-0.05, 0) is 80.5 Å². The third-order valence-corrected chi connectivity index (χ3v) is 7.94. The third-order valence-electron chi connectivity index (χ3n) is 7.09. The number of hydrogen-bond acceptors (Lipinski definition) is 4. The standard InChI is InChI=1S/C27H32BrN5OS/c1-19-18-23(20(2)32(19)13-5-12-31-14-16-34-17-15-31)26-25(24-6-3-4-11-29-24)30-27(35)33(26)22-9-7-21(28)8-10-22/h3-4,6-11,18,25-26H,5,12-17H2,1-2H3,(H,30,35)/t25-,26-/m1/s1. The van der Waals surface area contributed by atoms with Gasteiger partial charge >= 0.3 is 0 Å². The molecule has 0 aliphatic carbocycles. The summed E-state index contributed by atoms with van der Waals surface area (Å²) in [6.07, 6.45) is 2.98. The van der Waals surface area contributed by atoms with Crippen LogP contribution in [0.25, 0.3) is 0 Å². The van der Waals surface area contributed by atoms with E-state index < -0.39 is 0 Å². The van der Waals surface area contributed by atoms with Crippen LogP contribution in [-0.4, -0.2) is 52.4 Å². The van der Waals surface area contributed by atoms with Gasteiger partial charge in [0.2, 0.25) is 0 Å². The number of pyridine rings is 1. The molecule has 8 heteroatoms. The average molecular weight is 555 g/mol. The van der Waals surface area contributed by atoms with E-state index in [0.29, 0.717) is 0 Å². The van der Waals surface area contributed by atoms with Gasteiger partial charge in [-0.2, -0.15) is 0 Å². The SMILES string of the molecule is Cc1cc([C@@H]2[C@@H](c3ccccn3)NC(=S)N2c2ccc(Br)cc2)c(C)n1CCCN1CCOCC1. The van der Waals surface area contributed by atoms with Gasteiger partial charge in [-0.25, -0.2) is 0 Å². The van der Waals surface area contributed by atoms with Gasteiger partial charge in [-0.3, -0.25) is 9.88 Å². The van der Waals surface area contributed by atoms with Gasteiger partial charge in [-0.15, -0.1) is 0 Å². The first-order valence-corrected chi connectivity index (χ1v) is 13.5. The summed E-state index contributed by atoms with van der Waals surface area (Å²) in [6.45, 7) is 10.3. The Kier molecular flexibility index (Phi) is 7.53. The van der Waals surface area contributed by atoms with Crippen LogP contribution in [0.5, 0.6) is 0 Å². The highest BCUT2D eigenvalue weighted by Crippen LogP contribution is 2.43. The predicted octanol–water partition coefficient (Wildman–Crippen LogP) is 5.16. The van der Waals surface area contributed by atoms with Gasteiger partial charge in [-0.1, -0.05) is 22.0 Å². The summed E-state index contributed by atoms with van der Waals surface area (Å²) in [6, 6.07) is 16.8. The first kappa shape index (κ1) is 24.4. The second-order valence-electron chi connectivity index (χ2n) is 9.26. The predicted molar refractivity (Wildman–Crippen MR) is 148 cm³/mol. The number of thiocarbonyl (C=S) groups is 1. The van der Waals surface area contributed by atoms with Crippen molar-refractivity contribution in [2.24, 2.45) is 0 Å². The molecule has 1 aromatic carbocycles. The molecule has 2 aliphatic rings. The molecule has 0 unspecified atom stereocenters. The van der Waals surface area contributed by atoms with Gasteiger partial charge in [0.05, 0.1) is 31.0 Å². The lowest BCUT2D eigenvalue weighted by molar-refractivity contribution is 0.0369. The monoisotopic (exact) mass is 553 g/mol. The number of morpholine rings is 1. The number of halogens is 1. The van der Waals surface area contributed by atoms with Crippen molar-refractivity contribution >= 4 is 38.9 Å². The fourth-order valence-electron chi connectivity index (χ4n) is 5.30. The largest absolute Gasteiger partial charge is 0.379 e. The quantitative estimate of drug-likeness (QED) is 0.407. The Labute approximate surface area is 221 Å². The van der Waals surface area contributed by atoms with E-state index >= 15 is 0 Å². The normalized spacial score (nSPS) is 20.9. The van der Waals surface area contributed by atoms with Crippen molar-refractivity contribution in [1.29, 1.82) is 0 Å². The number of aryl methyl sites for hydroxylation is 1. The highest BCUT2D eigenvalue weighted by atomic mass is 79.9. The van der Waals surface area contributed by atoms with E-state index in [0.717, 1.165) is 66.8 Å². The molecular weight excluding hydrogens is 522 g/mol. The number of nitrogens with zero attached hydrogens (tertiary/aromatic N) is 4. The molecule has 2 atom stereocenters. The Balaban J connectivity index is 1.46. The molecule has 184 valence electrons. The van der Waals surface area contributed by atoms with Crippen LogP contribution in [0, 0.1) is 13.8 Å². The lowest BCUT2D eigenvalue weighted by Crippen LogP contribution is -2.37. The van der Waals surface area contributed by atoms with Crippen molar-refractivity contribution in [3.05, 3.63) is 81.8 Å². The molecule has 1 N–H and O–H groups in total. The van der Waals surface area contributed by atoms with Crippen molar-refractivity contribution in [3.8, 4) is 0 Å². The first-order valence-electron chi connectivity index (χ1n) is 12.3. The van der Waals surface area contributed by atoms with Crippen LogP contribution in [0.2, 0.25) is 0 Å². The lowest BCUT2D eigenvalue weighted by Gasteiger charge is -2.28. The van der Waals surface area contributed by atoms with Crippen molar-refractivity contribution in [1.82, 2.24) is 19.8 Å². The van der Waals surface area contributed by atoms with Crippen LogP contribution in [0.4, 0.5) is 5.69 Å². The van der Waals surface area contributed by atoms with Crippen molar-refractivity contribution in [3.63, 3.8) is 0 Å². The smallest absolute Gasteiger partial charge is 0.174 e. The molecule has 0 bridgehead atoms. The average Bonchev–Trinajstić information content (AvgIpc) is 3.36. The topological polar surface area (TPSA) is 45.6 Å². The van der Waals surface area contributed by atoms with E-state index in [1.807, 2.05) is 18.3 Å². The molecule has 0 saturated carbocycles. The zero-order valence-corrected chi connectivity index (χ0v) is 22.7. The summed E-state index contributed by atoms with van der Waals surface area (Å²) in [5, 5.41) is 4.31. The Morgan fingerprint density at radius 3 is 2.57 bits per heavy atom. The van der Waals surface area contributed by atoms with Crippen molar-refractivity contribution < 1.29 is 4.74 Å². The van der Waals surface area contributed by atoms with E-state index in [4.69, 9.17) is 21.9 Å². The van der Waals surface area contributed by atoms with E-state index in [1.165, 1.54) is 17.0 Å². The molecular formula is C27H32BrN5OS. The molecule has 5 rings (SSSR count). The molecule has 2 saturated heterocycles. The number of rotatable bonds is 7. The highest BCUT2D eigenvalue weighted by Gasteiger charge is 2.42. The summed E-state index contributed by atoms with van der Waals surface area (Å²) in [7, 11) is 0.